The normalized spacial score (nSPS) is 13.3. The lowest BCUT2D eigenvalue weighted by Crippen LogP contribution is -2.44. The highest BCUT2D eigenvalue weighted by Gasteiger charge is 2.23. The van der Waals surface area contributed by atoms with Crippen molar-refractivity contribution in [2.75, 3.05) is 13.1 Å². The molecule has 8 nitrogen and oxygen atoms in total. The lowest BCUT2D eigenvalue weighted by atomic mass is 10.1. The zero-order chi connectivity index (χ0) is 17.5. The first kappa shape index (κ1) is 17.6. The van der Waals surface area contributed by atoms with E-state index in [1.54, 1.807) is 4.90 Å². The molecule has 1 aliphatic rings. The van der Waals surface area contributed by atoms with Gasteiger partial charge in [0.2, 0.25) is 5.91 Å². The van der Waals surface area contributed by atoms with Gasteiger partial charge in [0.25, 0.3) is 5.69 Å². The van der Waals surface area contributed by atoms with Crippen molar-refractivity contribution < 1.29 is 24.0 Å². The first-order valence-corrected chi connectivity index (χ1v) is 7.64. The predicted molar refractivity (Wildman–Crippen MR) is 82.9 cm³/mol. The van der Waals surface area contributed by atoms with Crippen LogP contribution in [0.4, 0.5) is 5.69 Å². The smallest absolute Gasteiger partial charge is 0.306 e. The van der Waals surface area contributed by atoms with Crippen LogP contribution in [0.15, 0.2) is 24.3 Å². The van der Waals surface area contributed by atoms with Crippen LogP contribution in [-0.4, -0.2) is 40.6 Å². The Morgan fingerprint density at radius 1 is 1.17 bits per heavy atom. The SMILES string of the molecule is O=C(CCC(=O)OCc1ccc([N+](=O)[O-])cc1)CCN1CCC1=O. The Balaban J connectivity index is 1.63. The third-order valence-electron chi connectivity index (χ3n) is 3.76. The molecular weight excluding hydrogens is 316 g/mol. The minimum Gasteiger partial charge on any atom is -0.461 e. The van der Waals surface area contributed by atoms with Crippen LogP contribution in [0.25, 0.3) is 0 Å². The van der Waals surface area contributed by atoms with Gasteiger partial charge in [0.05, 0.1) is 11.3 Å². The molecule has 0 radical (unpaired) electrons. The van der Waals surface area contributed by atoms with Crippen molar-refractivity contribution in [2.24, 2.45) is 0 Å². The zero-order valence-electron chi connectivity index (χ0n) is 13.1. The van der Waals surface area contributed by atoms with E-state index in [0.29, 0.717) is 25.1 Å². The van der Waals surface area contributed by atoms with Crippen LogP contribution >= 0.6 is 0 Å². The van der Waals surface area contributed by atoms with Crippen molar-refractivity contribution in [3.05, 3.63) is 39.9 Å². The Labute approximate surface area is 138 Å². The highest BCUT2D eigenvalue weighted by molar-refractivity contribution is 5.85. The van der Waals surface area contributed by atoms with E-state index in [1.807, 2.05) is 0 Å². The number of ether oxygens (including phenoxy) is 1. The van der Waals surface area contributed by atoms with Gasteiger partial charge in [-0.2, -0.15) is 0 Å². The van der Waals surface area contributed by atoms with E-state index in [9.17, 15) is 24.5 Å². The number of Topliss-reactive ketones (excluding diaryl/α,β-unsaturated/α-hetero) is 1. The van der Waals surface area contributed by atoms with Crippen molar-refractivity contribution in [3.63, 3.8) is 0 Å². The monoisotopic (exact) mass is 334 g/mol. The molecule has 24 heavy (non-hydrogen) atoms. The summed E-state index contributed by atoms with van der Waals surface area (Å²) in [5, 5.41) is 10.5. The minimum atomic E-state index is -0.505. The summed E-state index contributed by atoms with van der Waals surface area (Å²) < 4.78 is 5.03. The van der Waals surface area contributed by atoms with Gasteiger partial charge in [-0.1, -0.05) is 0 Å². The molecule has 1 aromatic carbocycles. The molecule has 0 saturated carbocycles. The summed E-state index contributed by atoms with van der Waals surface area (Å²) in [5.41, 5.74) is 0.605. The molecule has 0 N–H and O–H groups in total. The van der Waals surface area contributed by atoms with Gasteiger partial charge in [-0.15, -0.1) is 0 Å². The molecule has 1 fully saturated rings. The van der Waals surface area contributed by atoms with E-state index in [-0.39, 0.29) is 43.2 Å². The highest BCUT2D eigenvalue weighted by Crippen LogP contribution is 2.13. The predicted octanol–water partition coefficient (Wildman–Crippen LogP) is 1.61. The second-order valence-electron chi connectivity index (χ2n) is 5.50. The van der Waals surface area contributed by atoms with Crippen LogP contribution in [-0.2, 0) is 25.7 Å². The van der Waals surface area contributed by atoms with Crippen molar-refractivity contribution >= 4 is 23.3 Å². The maximum atomic E-state index is 11.7. The number of amides is 1. The Morgan fingerprint density at radius 3 is 2.42 bits per heavy atom. The molecule has 1 aliphatic heterocycles. The Bertz CT molecular complexity index is 640. The second-order valence-corrected chi connectivity index (χ2v) is 5.50. The lowest BCUT2D eigenvalue weighted by Gasteiger charge is -2.30. The molecule has 2 rings (SSSR count). The number of nitro benzene ring substituents is 1. The van der Waals surface area contributed by atoms with E-state index < -0.39 is 10.9 Å². The van der Waals surface area contributed by atoms with Crippen LogP contribution in [0.5, 0.6) is 0 Å². The second kappa shape index (κ2) is 8.19. The number of hydrogen-bond acceptors (Lipinski definition) is 6. The molecule has 1 saturated heterocycles. The molecule has 0 aliphatic carbocycles. The third-order valence-corrected chi connectivity index (χ3v) is 3.76. The number of nitrogens with zero attached hydrogens (tertiary/aromatic N) is 2. The Morgan fingerprint density at radius 2 is 1.88 bits per heavy atom. The molecule has 1 amide bonds. The number of ketones is 1. The molecule has 0 spiro atoms. The summed E-state index contributed by atoms with van der Waals surface area (Å²) in [7, 11) is 0. The van der Waals surface area contributed by atoms with E-state index in [1.165, 1.54) is 24.3 Å². The average molecular weight is 334 g/mol. The molecule has 1 aromatic rings. The molecule has 0 aromatic heterocycles. The summed E-state index contributed by atoms with van der Waals surface area (Å²) in [4.78, 5) is 46.0. The number of β-lactam (4-membered cyclic amide) rings is 1. The van der Waals surface area contributed by atoms with Crippen molar-refractivity contribution in [2.45, 2.75) is 32.3 Å². The van der Waals surface area contributed by atoms with E-state index in [2.05, 4.69) is 0 Å². The van der Waals surface area contributed by atoms with Gasteiger partial charge in [-0.3, -0.25) is 24.5 Å². The number of likely N-dealkylation sites (tertiary alicyclic amines) is 1. The fourth-order valence-electron chi connectivity index (χ4n) is 2.17. The molecule has 1 heterocycles. The summed E-state index contributed by atoms with van der Waals surface area (Å²) >= 11 is 0. The number of rotatable bonds is 9. The number of carbonyl (C=O) groups excluding carboxylic acids is 3. The third kappa shape index (κ3) is 5.15. The average Bonchev–Trinajstić information content (AvgIpc) is 2.57. The minimum absolute atomic E-state index is 0.00724. The van der Waals surface area contributed by atoms with Gasteiger partial charge >= 0.3 is 5.97 Å². The number of carbonyl (C=O) groups is 3. The number of hydrogen-bond donors (Lipinski definition) is 0. The van der Waals surface area contributed by atoms with Crippen LogP contribution in [0.3, 0.4) is 0 Å². The largest absolute Gasteiger partial charge is 0.461 e. The van der Waals surface area contributed by atoms with Crippen LogP contribution in [0.2, 0.25) is 0 Å². The molecule has 0 bridgehead atoms. The van der Waals surface area contributed by atoms with Gasteiger partial charge < -0.3 is 9.64 Å². The van der Waals surface area contributed by atoms with E-state index >= 15 is 0 Å². The molecule has 0 unspecified atom stereocenters. The summed E-state index contributed by atoms with van der Waals surface area (Å²) in [6, 6.07) is 5.70. The first-order chi connectivity index (χ1) is 11.5. The Kier molecular flexibility index (Phi) is 6.00. The summed E-state index contributed by atoms with van der Waals surface area (Å²) in [6.45, 7) is 1.12. The van der Waals surface area contributed by atoms with E-state index in [0.717, 1.165) is 0 Å². The molecular formula is C16H18N2O6. The van der Waals surface area contributed by atoms with Gasteiger partial charge in [0.15, 0.2) is 0 Å². The van der Waals surface area contributed by atoms with Gasteiger partial charge in [-0.25, -0.2) is 0 Å². The quantitative estimate of drug-likeness (QED) is 0.294. The summed E-state index contributed by atoms with van der Waals surface area (Å²) in [5.74, 6) is -0.519. The van der Waals surface area contributed by atoms with Crippen LogP contribution in [0, 0.1) is 10.1 Å². The van der Waals surface area contributed by atoms with Crippen molar-refractivity contribution in [3.8, 4) is 0 Å². The van der Waals surface area contributed by atoms with Gasteiger partial charge in [-0.05, 0) is 17.7 Å². The van der Waals surface area contributed by atoms with Crippen LogP contribution < -0.4 is 0 Å². The molecule has 128 valence electrons. The maximum Gasteiger partial charge on any atom is 0.306 e. The molecule has 0 atom stereocenters. The number of nitro groups is 1. The number of esters is 1. The first-order valence-electron chi connectivity index (χ1n) is 7.64. The zero-order valence-corrected chi connectivity index (χ0v) is 13.1. The standard InChI is InChI=1S/C16H18N2O6/c19-14(7-9-17-10-8-15(17)20)5-6-16(21)24-11-12-1-3-13(4-2-12)18(22)23/h1-4H,5-11H2. The molecule has 8 heteroatoms. The van der Waals surface area contributed by atoms with Crippen LogP contribution in [0.1, 0.15) is 31.2 Å². The maximum absolute atomic E-state index is 11.7. The van der Waals surface area contributed by atoms with Crippen molar-refractivity contribution in [1.29, 1.82) is 0 Å². The lowest BCUT2D eigenvalue weighted by molar-refractivity contribution is -0.384. The van der Waals surface area contributed by atoms with Crippen molar-refractivity contribution in [1.82, 2.24) is 4.90 Å². The fraction of sp³-hybridized carbons (Fsp3) is 0.438. The number of non-ortho nitro benzene ring substituents is 1. The van der Waals surface area contributed by atoms with E-state index in [4.69, 9.17) is 4.74 Å². The highest BCUT2D eigenvalue weighted by atomic mass is 16.6. The summed E-state index contributed by atoms with van der Waals surface area (Å²) in [6.07, 6.45) is 0.866. The number of benzene rings is 1. The fourth-order valence-corrected chi connectivity index (χ4v) is 2.17. The topological polar surface area (TPSA) is 107 Å². The van der Waals surface area contributed by atoms with Gasteiger partial charge in [0.1, 0.15) is 12.4 Å². The Hall–Kier alpha value is -2.77. The van der Waals surface area contributed by atoms with Gasteiger partial charge in [0, 0.05) is 44.5 Å².